The van der Waals surface area contributed by atoms with E-state index in [0.717, 1.165) is 0 Å². The fourth-order valence-electron chi connectivity index (χ4n) is 2.49. The Balaban J connectivity index is 2.37. The molecule has 1 heterocycles. The molecule has 3 aromatic rings. The molecule has 1 aromatic heterocycles. The van der Waals surface area contributed by atoms with Gasteiger partial charge in [0.15, 0.2) is 0 Å². The molecule has 0 fully saturated rings. The minimum Gasteiger partial charge on any atom is -0.390 e. The van der Waals surface area contributed by atoms with Gasteiger partial charge in [0.25, 0.3) is 0 Å². The number of nitrogens with zero attached hydrogens (tertiary/aromatic N) is 1. The van der Waals surface area contributed by atoms with Gasteiger partial charge in [-0.15, -0.1) is 0 Å². The van der Waals surface area contributed by atoms with E-state index in [9.17, 15) is 5.11 Å². The molecule has 0 bridgehead atoms. The van der Waals surface area contributed by atoms with Crippen molar-refractivity contribution in [3.05, 3.63) is 72.2 Å². The van der Waals surface area contributed by atoms with Gasteiger partial charge in [0.05, 0.1) is 38.1 Å². The maximum Gasteiger partial charge on any atom is 0.0853 e. The molecule has 0 aliphatic carbocycles. The van der Waals surface area contributed by atoms with E-state index < -0.39 is 0 Å². The molecule has 0 saturated carbocycles. The Morgan fingerprint density at radius 3 is 1.81 bits per heavy atom. The van der Waals surface area contributed by atoms with Crippen molar-refractivity contribution >= 4 is 69.6 Å². The van der Waals surface area contributed by atoms with Crippen LogP contribution >= 0.6 is 69.6 Å². The van der Waals surface area contributed by atoms with E-state index in [4.69, 9.17) is 69.6 Å². The average Bonchev–Trinajstić information content (AvgIpc) is 2.60. The van der Waals surface area contributed by atoms with Crippen LogP contribution in [-0.4, -0.2) is 10.1 Å². The predicted octanol–water partition coefficient (Wildman–Crippen LogP) is 7.83. The lowest BCUT2D eigenvalue weighted by Gasteiger charge is -2.15. The normalized spacial score (nSPS) is 11.0. The lowest BCUT2D eigenvalue weighted by atomic mass is 9.98. The Morgan fingerprint density at radius 1 is 0.692 bits per heavy atom. The van der Waals surface area contributed by atoms with Crippen molar-refractivity contribution in [1.29, 1.82) is 0 Å². The molecular formula is C18H9Cl6NO. The highest BCUT2D eigenvalue weighted by Gasteiger charge is 2.19. The number of hydrogen-bond acceptors (Lipinski definition) is 2. The zero-order valence-electron chi connectivity index (χ0n) is 12.8. The molecule has 2 nitrogen and oxygen atoms in total. The minimum atomic E-state index is -0.247. The monoisotopic (exact) mass is 465 g/mol. The summed E-state index contributed by atoms with van der Waals surface area (Å²) in [6.07, 6.45) is 0. The molecule has 0 amide bonds. The highest BCUT2D eigenvalue weighted by molar-refractivity contribution is 6.46. The second kappa shape index (κ2) is 8.12. The van der Waals surface area contributed by atoms with E-state index in [-0.39, 0.29) is 16.7 Å². The zero-order valence-corrected chi connectivity index (χ0v) is 17.4. The summed E-state index contributed by atoms with van der Waals surface area (Å²) in [5.74, 6) is 0. The summed E-state index contributed by atoms with van der Waals surface area (Å²) in [5.41, 5.74) is 2.59. The molecule has 2 aromatic carbocycles. The van der Waals surface area contributed by atoms with Crippen LogP contribution in [0.2, 0.25) is 30.1 Å². The topological polar surface area (TPSA) is 33.1 Å². The van der Waals surface area contributed by atoms with Gasteiger partial charge in [-0.05, 0) is 30.3 Å². The molecule has 0 radical (unpaired) electrons. The van der Waals surface area contributed by atoms with Crippen molar-refractivity contribution in [3.8, 4) is 22.4 Å². The van der Waals surface area contributed by atoms with Gasteiger partial charge in [-0.1, -0.05) is 75.7 Å². The van der Waals surface area contributed by atoms with Crippen molar-refractivity contribution in [2.45, 2.75) is 6.61 Å². The number of aromatic nitrogens is 1. The smallest absolute Gasteiger partial charge is 0.0853 e. The molecule has 0 unspecified atom stereocenters. The number of halogens is 6. The fourth-order valence-corrected chi connectivity index (χ4v) is 3.89. The maximum absolute atomic E-state index is 9.48. The highest BCUT2D eigenvalue weighted by atomic mass is 35.5. The van der Waals surface area contributed by atoms with Crippen molar-refractivity contribution in [1.82, 2.24) is 4.98 Å². The summed E-state index contributed by atoms with van der Waals surface area (Å²) < 4.78 is 0. The van der Waals surface area contributed by atoms with E-state index >= 15 is 0 Å². The molecule has 0 saturated heterocycles. The Labute approximate surface area is 180 Å². The van der Waals surface area contributed by atoms with Gasteiger partial charge < -0.3 is 5.11 Å². The van der Waals surface area contributed by atoms with Crippen LogP contribution in [0, 0.1) is 0 Å². The second-order valence-corrected chi connectivity index (χ2v) is 7.80. The van der Waals surface area contributed by atoms with Gasteiger partial charge in [0.2, 0.25) is 0 Å². The van der Waals surface area contributed by atoms with Gasteiger partial charge in [0, 0.05) is 26.7 Å². The second-order valence-electron chi connectivity index (χ2n) is 5.36. The molecule has 8 heteroatoms. The van der Waals surface area contributed by atoms with Gasteiger partial charge in [-0.25, -0.2) is 4.98 Å². The van der Waals surface area contributed by atoms with E-state index in [0.29, 0.717) is 48.2 Å². The molecule has 0 spiro atoms. The van der Waals surface area contributed by atoms with Crippen LogP contribution in [0.15, 0.2) is 36.4 Å². The van der Waals surface area contributed by atoms with E-state index in [1.165, 1.54) is 6.07 Å². The third-order valence-electron chi connectivity index (χ3n) is 3.65. The van der Waals surface area contributed by atoms with Crippen LogP contribution in [0.5, 0.6) is 0 Å². The van der Waals surface area contributed by atoms with Gasteiger partial charge in [0.1, 0.15) is 0 Å². The molecular weight excluding hydrogens is 459 g/mol. The number of hydrogen-bond donors (Lipinski definition) is 1. The number of pyridine rings is 1. The first kappa shape index (κ1) is 20.0. The molecule has 0 aliphatic heterocycles. The van der Waals surface area contributed by atoms with Gasteiger partial charge >= 0.3 is 0 Å². The number of aliphatic hydroxyl groups excluding tert-OH is 1. The quantitative estimate of drug-likeness (QED) is 0.398. The van der Waals surface area contributed by atoms with Crippen molar-refractivity contribution in [3.63, 3.8) is 0 Å². The zero-order chi connectivity index (χ0) is 19.0. The summed E-state index contributed by atoms with van der Waals surface area (Å²) in [4.78, 5) is 4.48. The van der Waals surface area contributed by atoms with Crippen LogP contribution in [0.4, 0.5) is 0 Å². The molecule has 3 rings (SSSR count). The highest BCUT2D eigenvalue weighted by Crippen LogP contribution is 2.43. The lowest BCUT2D eigenvalue weighted by molar-refractivity contribution is 0.277. The SMILES string of the molecule is OCc1ccc(-c2cc(Cl)cc(Cl)c2Cl)c(-c2cc(Cl)cc(Cl)c2Cl)n1. The average molecular weight is 468 g/mol. The Morgan fingerprint density at radius 2 is 1.23 bits per heavy atom. The summed E-state index contributed by atoms with van der Waals surface area (Å²) in [7, 11) is 0. The summed E-state index contributed by atoms with van der Waals surface area (Å²) in [6.45, 7) is -0.247. The lowest BCUT2D eigenvalue weighted by Crippen LogP contribution is -1.97. The molecule has 0 atom stereocenters. The minimum absolute atomic E-state index is 0.247. The number of aliphatic hydroxyl groups is 1. The van der Waals surface area contributed by atoms with Crippen LogP contribution in [0.1, 0.15) is 5.69 Å². The molecule has 0 aliphatic rings. The van der Waals surface area contributed by atoms with Gasteiger partial charge in [-0.3, -0.25) is 0 Å². The maximum atomic E-state index is 9.48. The van der Waals surface area contributed by atoms with Crippen molar-refractivity contribution in [2.24, 2.45) is 0 Å². The Bertz CT molecular complexity index is 1010. The molecule has 134 valence electrons. The third-order valence-corrected chi connectivity index (χ3v) is 5.69. The Hall–Kier alpha value is -0.710. The first-order valence-corrected chi connectivity index (χ1v) is 9.49. The van der Waals surface area contributed by atoms with Crippen LogP contribution in [0.25, 0.3) is 22.4 Å². The van der Waals surface area contributed by atoms with Crippen LogP contribution < -0.4 is 0 Å². The Kier molecular flexibility index (Phi) is 6.25. The van der Waals surface area contributed by atoms with E-state index in [1.807, 2.05) is 0 Å². The molecule has 1 N–H and O–H groups in total. The standard InChI is InChI=1S/C18H9Cl6NO/c19-8-3-12(16(23)14(21)5-8)11-2-1-10(7-26)25-18(11)13-4-9(20)6-15(22)17(13)24/h1-6,26H,7H2. The first-order chi connectivity index (χ1) is 12.3. The summed E-state index contributed by atoms with van der Waals surface area (Å²) in [5, 5.41) is 11.5. The summed E-state index contributed by atoms with van der Waals surface area (Å²) in [6, 6.07) is 9.83. The van der Waals surface area contributed by atoms with Crippen molar-refractivity contribution in [2.75, 3.05) is 0 Å². The number of rotatable bonds is 3. The number of benzene rings is 2. The van der Waals surface area contributed by atoms with E-state index in [2.05, 4.69) is 4.98 Å². The fraction of sp³-hybridized carbons (Fsp3) is 0.0556. The third kappa shape index (κ3) is 3.93. The van der Waals surface area contributed by atoms with E-state index in [1.54, 1.807) is 30.3 Å². The van der Waals surface area contributed by atoms with Crippen LogP contribution in [0.3, 0.4) is 0 Å². The predicted molar refractivity (Wildman–Crippen MR) is 111 cm³/mol. The largest absolute Gasteiger partial charge is 0.390 e. The van der Waals surface area contributed by atoms with Crippen molar-refractivity contribution < 1.29 is 5.11 Å². The summed E-state index contributed by atoms with van der Waals surface area (Å²) >= 11 is 37.4. The molecule has 26 heavy (non-hydrogen) atoms. The van der Waals surface area contributed by atoms with Crippen LogP contribution in [-0.2, 0) is 6.61 Å². The first-order valence-electron chi connectivity index (χ1n) is 7.22. The van der Waals surface area contributed by atoms with Gasteiger partial charge in [-0.2, -0.15) is 0 Å².